The maximum Gasteiger partial charge on any atom is 0.242 e. The summed E-state index contributed by atoms with van der Waals surface area (Å²) in [7, 11) is 0. The standard InChI is InChI=1S/C16H13ClFN3O/c17-13-4-3-12-9-20-21(15(12)7-13)10-16(22)19-8-11-1-5-14(18)6-2-11/h1-7,9H,8,10H2,(H,19,22). The number of carbonyl (C=O) groups is 1. The predicted octanol–water partition coefficient (Wildman–Crippen LogP) is 3.15. The number of nitrogens with zero attached hydrogens (tertiary/aromatic N) is 2. The molecule has 0 radical (unpaired) electrons. The molecule has 0 aliphatic heterocycles. The van der Waals surface area contributed by atoms with Crippen molar-refractivity contribution in [2.75, 3.05) is 0 Å². The van der Waals surface area contributed by atoms with Gasteiger partial charge in [0.2, 0.25) is 5.91 Å². The molecule has 1 heterocycles. The fourth-order valence-corrected chi connectivity index (χ4v) is 2.33. The zero-order valence-corrected chi connectivity index (χ0v) is 12.3. The lowest BCUT2D eigenvalue weighted by Crippen LogP contribution is -2.27. The smallest absolute Gasteiger partial charge is 0.242 e. The Morgan fingerprint density at radius 1 is 1.23 bits per heavy atom. The van der Waals surface area contributed by atoms with Crippen LogP contribution in [0.15, 0.2) is 48.7 Å². The lowest BCUT2D eigenvalue weighted by atomic mass is 10.2. The molecule has 2 aromatic carbocycles. The summed E-state index contributed by atoms with van der Waals surface area (Å²) in [6.45, 7) is 0.449. The zero-order chi connectivity index (χ0) is 15.5. The summed E-state index contributed by atoms with van der Waals surface area (Å²) in [5.41, 5.74) is 1.65. The first-order chi connectivity index (χ1) is 10.6. The van der Waals surface area contributed by atoms with Gasteiger partial charge >= 0.3 is 0 Å². The van der Waals surface area contributed by atoms with Crippen LogP contribution in [0, 0.1) is 5.82 Å². The highest BCUT2D eigenvalue weighted by atomic mass is 35.5. The Kier molecular flexibility index (Phi) is 4.06. The molecule has 112 valence electrons. The van der Waals surface area contributed by atoms with E-state index in [4.69, 9.17) is 11.6 Å². The third-order valence-corrected chi connectivity index (χ3v) is 3.54. The molecule has 4 nitrogen and oxygen atoms in total. The van der Waals surface area contributed by atoms with Gasteiger partial charge in [0, 0.05) is 17.0 Å². The number of amides is 1. The Labute approximate surface area is 131 Å². The van der Waals surface area contributed by atoms with E-state index in [0.717, 1.165) is 16.5 Å². The first-order valence-corrected chi connectivity index (χ1v) is 7.12. The van der Waals surface area contributed by atoms with Crippen molar-refractivity contribution < 1.29 is 9.18 Å². The summed E-state index contributed by atoms with van der Waals surface area (Å²) >= 11 is 5.97. The third-order valence-electron chi connectivity index (χ3n) is 3.30. The molecule has 1 amide bonds. The highest BCUT2D eigenvalue weighted by Crippen LogP contribution is 2.18. The van der Waals surface area contributed by atoms with Gasteiger partial charge in [0.05, 0.1) is 11.7 Å². The van der Waals surface area contributed by atoms with E-state index < -0.39 is 0 Å². The number of carbonyl (C=O) groups excluding carboxylic acids is 1. The summed E-state index contributed by atoms with van der Waals surface area (Å²) in [5, 5.41) is 8.50. The molecule has 0 bridgehead atoms. The second-order valence-electron chi connectivity index (χ2n) is 4.91. The summed E-state index contributed by atoms with van der Waals surface area (Å²) in [6, 6.07) is 11.4. The number of rotatable bonds is 4. The lowest BCUT2D eigenvalue weighted by molar-refractivity contribution is -0.121. The van der Waals surface area contributed by atoms with Crippen LogP contribution in [0.5, 0.6) is 0 Å². The lowest BCUT2D eigenvalue weighted by Gasteiger charge is -2.07. The number of nitrogens with one attached hydrogen (secondary N) is 1. The second-order valence-corrected chi connectivity index (χ2v) is 5.34. The maximum absolute atomic E-state index is 12.8. The van der Waals surface area contributed by atoms with Gasteiger partial charge in [-0.1, -0.05) is 23.7 Å². The summed E-state index contributed by atoms with van der Waals surface area (Å²) in [5.74, 6) is -0.468. The first kappa shape index (κ1) is 14.5. The van der Waals surface area contributed by atoms with E-state index >= 15 is 0 Å². The topological polar surface area (TPSA) is 46.9 Å². The van der Waals surface area contributed by atoms with E-state index in [0.29, 0.717) is 11.6 Å². The van der Waals surface area contributed by atoms with Crippen LogP contribution in [-0.2, 0) is 17.9 Å². The number of hydrogen-bond acceptors (Lipinski definition) is 2. The number of fused-ring (bicyclic) bond motifs is 1. The van der Waals surface area contributed by atoms with Crippen molar-refractivity contribution in [1.29, 1.82) is 0 Å². The Hall–Kier alpha value is -2.40. The number of aromatic nitrogens is 2. The van der Waals surface area contributed by atoms with Gasteiger partial charge in [-0.15, -0.1) is 0 Å². The van der Waals surface area contributed by atoms with Crippen LogP contribution in [0.1, 0.15) is 5.56 Å². The van der Waals surface area contributed by atoms with Crippen molar-refractivity contribution >= 4 is 28.4 Å². The van der Waals surface area contributed by atoms with Crippen molar-refractivity contribution in [3.05, 3.63) is 65.1 Å². The molecule has 3 rings (SSSR count). The van der Waals surface area contributed by atoms with Gasteiger partial charge in [0.1, 0.15) is 12.4 Å². The highest BCUT2D eigenvalue weighted by molar-refractivity contribution is 6.31. The third kappa shape index (κ3) is 3.26. The molecule has 22 heavy (non-hydrogen) atoms. The number of benzene rings is 2. The van der Waals surface area contributed by atoms with Crippen LogP contribution in [-0.4, -0.2) is 15.7 Å². The van der Waals surface area contributed by atoms with Crippen molar-refractivity contribution in [2.45, 2.75) is 13.1 Å². The van der Waals surface area contributed by atoms with E-state index in [1.807, 2.05) is 6.07 Å². The van der Waals surface area contributed by atoms with Gasteiger partial charge in [-0.3, -0.25) is 9.48 Å². The van der Waals surface area contributed by atoms with E-state index in [9.17, 15) is 9.18 Å². The fraction of sp³-hybridized carbons (Fsp3) is 0.125. The maximum atomic E-state index is 12.8. The predicted molar refractivity (Wildman–Crippen MR) is 83.0 cm³/mol. The Balaban J connectivity index is 1.65. The number of hydrogen-bond donors (Lipinski definition) is 1. The summed E-state index contributed by atoms with van der Waals surface area (Å²) in [6.07, 6.45) is 1.69. The SMILES string of the molecule is O=C(Cn1ncc2ccc(Cl)cc21)NCc1ccc(F)cc1. The minimum Gasteiger partial charge on any atom is -0.350 e. The normalized spacial score (nSPS) is 10.8. The molecule has 0 saturated carbocycles. The van der Waals surface area contributed by atoms with Crippen molar-refractivity contribution in [2.24, 2.45) is 0 Å². The monoisotopic (exact) mass is 317 g/mol. The van der Waals surface area contributed by atoms with E-state index in [1.165, 1.54) is 12.1 Å². The van der Waals surface area contributed by atoms with Gasteiger partial charge < -0.3 is 5.32 Å². The molecule has 0 aliphatic carbocycles. The molecule has 3 aromatic rings. The molecule has 1 aromatic heterocycles. The van der Waals surface area contributed by atoms with Gasteiger partial charge in [0.25, 0.3) is 0 Å². The minimum atomic E-state index is -0.296. The van der Waals surface area contributed by atoms with E-state index in [2.05, 4.69) is 10.4 Å². The quantitative estimate of drug-likeness (QED) is 0.803. The molecule has 0 spiro atoms. The molecule has 6 heteroatoms. The Bertz CT molecular complexity index is 814. The van der Waals surface area contributed by atoms with E-state index in [1.54, 1.807) is 35.1 Å². The summed E-state index contributed by atoms with van der Waals surface area (Å²) < 4.78 is 14.4. The molecular formula is C16H13ClFN3O. The van der Waals surface area contributed by atoms with Gasteiger partial charge in [-0.05, 0) is 35.9 Å². The highest BCUT2D eigenvalue weighted by Gasteiger charge is 2.08. The second kappa shape index (κ2) is 6.15. The largest absolute Gasteiger partial charge is 0.350 e. The van der Waals surface area contributed by atoms with E-state index in [-0.39, 0.29) is 18.3 Å². The molecule has 0 aliphatic rings. The Morgan fingerprint density at radius 3 is 2.77 bits per heavy atom. The van der Waals surface area contributed by atoms with Crippen molar-refractivity contribution in [1.82, 2.24) is 15.1 Å². The number of halogens is 2. The fourth-order valence-electron chi connectivity index (χ4n) is 2.16. The van der Waals surface area contributed by atoms with Crippen molar-refractivity contribution in [3.8, 4) is 0 Å². The molecule has 0 fully saturated rings. The molecular weight excluding hydrogens is 305 g/mol. The average molecular weight is 318 g/mol. The molecule has 0 unspecified atom stereocenters. The minimum absolute atomic E-state index is 0.102. The van der Waals surface area contributed by atoms with Crippen LogP contribution in [0.3, 0.4) is 0 Å². The molecule has 0 saturated heterocycles. The van der Waals surface area contributed by atoms with Gasteiger partial charge in [-0.25, -0.2) is 4.39 Å². The van der Waals surface area contributed by atoms with Crippen LogP contribution >= 0.6 is 11.6 Å². The Morgan fingerprint density at radius 2 is 2.00 bits per heavy atom. The average Bonchev–Trinajstić information content (AvgIpc) is 2.89. The summed E-state index contributed by atoms with van der Waals surface area (Å²) in [4.78, 5) is 12.0. The van der Waals surface area contributed by atoms with Crippen molar-refractivity contribution in [3.63, 3.8) is 0 Å². The molecule has 1 N–H and O–H groups in total. The van der Waals surface area contributed by atoms with Gasteiger partial charge in [-0.2, -0.15) is 5.10 Å². The van der Waals surface area contributed by atoms with Crippen LogP contribution in [0.25, 0.3) is 10.9 Å². The molecule has 0 atom stereocenters. The first-order valence-electron chi connectivity index (χ1n) is 6.74. The van der Waals surface area contributed by atoms with Crippen LogP contribution in [0.4, 0.5) is 4.39 Å². The van der Waals surface area contributed by atoms with Crippen LogP contribution in [0.2, 0.25) is 5.02 Å². The van der Waals surface area contributed by atoms with Gasteiger partial charge in [0.15, 0.2) is 0 Å². The van der Waals surface area contributed by atoms with Crippen LogP contribution < -0.4 is 5.32 Å². The zero-order valence-electron chi connectivity index (χ0n) is 11.6.